The molecule has 2 N–H and O–H groups in total. The van der Waals surface area contributed by atoms with Crippen molar-refractivity contribution < 1.29 is 32.5 Å². The highest BCUT2D eigenvalue weighted by Crippen LogP contribution is 2.36. The summed E-state index contributed by atoms with van der Waals surface area (Å²) in [7, 11) is 6.24. The van der Waals surface area contributed by atoms with Crippen LogP contribution in [-0.2, 0) is 17.6 Å². The van der Waals surface area contributed by atoms with Crippen LogP contribution < -0.4 is 19.7 Å². The first kappa shape index (κ1) is 26.4. The fourth-order valence-corrected chi connectivity index (χ4v) is 3.35. The molecular formula is C23H25F3N6O4. The summed E-state index contributed by atoms with van der Waals surface area (Å²) >= 11 is 0. The highest BCUT2D eigenvalue weighted by Gasteiger charge is 2.31. The van der Waals surface area contributed by atoms with E-state index in [4.69, 9.17) is 9.47 Å². The van der Waals surface area contributed by atoms with Gasteiger partial charge in [0.25, 0.3) is 0 Å². The van der Waals surface area contributed by atoms with Gasteiger partial charge in [0.1, 0.15) is 23.4 Å². The van der Waals surface area contributed by atoms with Crippen LogP contribution in [0.3, 0.4) is 0 Å². The van der Waals surface area contributed by atoms with Crippen molar-refractivity contribution in [2.45, 2.75) is 25.1 Å². The van der Waals surface area contributed by atoms with E-state index in [1.807, 2.05) is 0 Å². The standard InChI is InChI=1S/C23H25F3N6O4/c1-32(2)22-29-10-13(9-23(24,25)26)20(31-22)30-15(21(33)34)8-14-11-28-16(12-27-14)19-17(35-3)6-5-7-18(19)36-4/h5-7,10-12,15H,8-9H2,1-4H3,(H,33,34)(H,29,30,31). The van der Waals surface area contributed by atoms with Crippen molar-refractivity contribution >= 4 is 17.7 Å². The van der Waals surface area contributed by atoms with Gasteiger partial charge in [-0.2, -0.15) is 18.2 Å². The van der Waals surface area contributed by atoms with Crippen molar-refractivity contribution in [2.75, 3.05) is 38.5 Å². The third kappa shape index (κ3) is 6.49. The number of carboxylic acids is 1. The number of ether oxygens (including phenoxy) is 2. The lowest BCUT2D eigenvalue weighted by Crippen LogP contribution is -2.33. The maximum atomic E-state index is 13.1. The van der Waals surface area contributed by atoms with Crippen LogP contribution in [-0.4, -0.2) is 71.5 Å². The third-order valence-electron chi connectivity index (χ3n) is 5.05. The molecule has 1 atom stereocenters. The molecule has 0 aliphatic carbocycles. The molecule has 0 saturated heterocycles. The molecule has 0 aliphatic rings. The molecule has 0 saturated carbocycles. The van der Waals surface area contributed by atoms with E-state index < -0.39 is 24.6 Å². The fraction of sp³-hybridized carbons (Fsp3) is 0.348. The van der Waals surface area contributed by atoms with Gasteiger partial charge in [0, 0.05) is 38.5 Å². The number of hydrogen-bond acceptors (Lipinski definition) is 9. The number of halogens is 3. The zero-order chi connectivity index (χ0) is 26.5. The Morgan fingerprint density at radius 3 is 2.25 bits per heavy atom. The van der Waals surface area contributed by atoms with Crippen molar-refractivity contribution in [3.05, 3.63) is 48.0 Å². The molecule has 2 aromatic heterocycles. The lowest BCUT2D eigenvalue weighted by molar-refractivity contribution is -0.137. The predicted octanol–water partition coefficient (Wildman–Crippen LogP) is 3.23. The first-order chi connectivity index (χ1) is 17.0. The number of alkyl halides is 3. The molecule has 192 valence electrons. The number of anilines is 2. The van der Waals surface area contributed by atoms with E-state index >= 15 is 0 Å². The molecule has 36 heavy (non-hydrogen) atoms. The molecule has 0 spiro atoms. The Labute approximate surface area is 205 Å². The summed E-state index contributed by atoms with van der Waals surface area (Å²) in [5.74, 6) is -0.363. The van der Waals surface area contributed by atoms with Crippen LogP contribution in [0, 0.1) is 0 Å². The van der Waals surface area contributed by atoms with E-state index in [2.05, 4.69) is 25.3 Å². The Bertz CT molecular complexity index is 1180. The number of aromatic nitrogens is 4. The van der Waals surface area contributed by atoms with Crippen molar-refractivity contribution in [1.82, 2.24) is 19.9 Å². The van der Waals surface area contributed by atoms with E-state index in [1.165, 1.54) is 31.5 Å². The van der Waals surface area contributed by atoms with Gasteiger partial charge in [0.15, 0.2) is 0 Å². The number of nitrogens with one attached hydrogen (secondary N) is 1. The largest absolute Gasteiger partial charge is 0.496 e. The summed E-state index contributed by atoms with van der Waals surface area (Å²) in [6, 6.07) is 3.90. The van der Waals surface area contributed by atoms with Gasteiger partial charge in [0.2, 0.25) is 5.95 Å². The quantitative estimate of drug-likeness (QED) is 0.424. The molecule has 3 rings (SSSR count). The maximum absolute atomic E-state index is 13.1. The van der Waals surface area contributed by atoms with Crippen molar-refractivity contribution in [1.29, 1.82) is 0 Å². The Hall–Kier alpha value is -4.16. The maximum Gasteiger partial charge on any atom is 0.393 e. The summed E-state index contributed by atoms with van der Waals surface area (Å²) < 4.78 is 49.9. The lowest BCUT2D eigenvalue weighted by atomic mass is 10.1. The average Bonchev–Trinajstić information content (AvgIpc) is 2.83. The molecule has 3 aromatic rings. The van der Waals surface area contributed by atoms with Crippen LogP contribution in [0.4, 0.5) is 24.9 Å². The molecular weight excluding hydrogens is 481 g/mol. The van der Waals surface area contributed by atoms with Gasteiger partial charge in [0.05, 0.1) is 43.8 Å². The van der Waals surface area contributed by atoms with E-state index in [9.17, 15) is 23.1 Å². The second-order valence-electron chi connectivity index (χ2n) is 7.90. The minimum Gasteiger partial charge on any atom is -0.496 e. The van der Waals surface area contributed by atoms with Crippen LogP contribution in [0.15, 0.2) is 36.8 Å². The Morgan fingerprint density at radius 2 is 1.75 bits per heavy atom. The van der Waals surface area contributed by atoms with E-state index in [-0.39, 0.29) is 23.8 Å². The van der Waals surface area contributed by atoms with Crippen LogP contribution >= 0.6 is 0 Å². The molecule has 13 heteroatoms. The molecule has 0 radical (unpaired) electrons. The highest BCUT2D eigenvalue weighted by molar-refractivity contribution is 5.78. The molecule has 0 amide bonds. The van der Waals surface area contributed by atoms with Gasteiger partial charge in [-0.25, -0.2) is 9.78 Å². The van der Waals surface area contributed by atoms with Crippen LogP contribution in [0.25, 0.3) is 11.3 Å². The normalized spacial score (nSPS) is 12.1. The smallest absolute Gasteiger partial charge is 0.393 e. The zero-order valence-corrected chi connectivity index (χ0v) is 20.0. The molecule has 1 unspecified atom stereocenters. The number of hydrogen-bond donors (Lipinski definition) is 2. The Balaban J connectivity index is 1.88. The summed E-state index contributed by atoms with van der Waals surface area (Å²) in [6.45, 7) is 0. The fourth-order valence-electron chi connectivity index (χ4n) is 3.35. The third-order valence-corrected chi connectivity index (χ3v) is 5.05. The summed E-state index contributed by atoms with van der Waals surface area (Å²) in [5.41, 5.74) is 1.03. The Kier molecular flexibility index (Phi) is 8.12. The number of carboxylic acid groups (broad SMARTS) is 1. The van der Waals surface area contributed by atoms with Gasteiger partial charge < -0.3 is 24.8 Å². The van der Waals surface area contributed by atoms with E-state index in [0.717, 1.165) is 6.20 Å². The first-order valence-electron chi connectivity index (χ1n) is 10.6. The molecule has 10 nitrogen and oxygen atoms in total. The van der Waals surface area contributed by atoms with Gasteiger partial charge in [-0.1, -0.05) is 6.07 Å². The molecule has 1 aromatic carbocycles. The van der Waals surface area contributed by atoms with Crippen LogP contribution in [0.2, 0.25) is 0 Å². The minimum absolute atomic E-state index is 0.127. The summed E-state index contributed by atoms with van der Waals surface area (Å²) in [5, 5.41) is 12.4. The predicted molar refractivity (Wildman–Crippen MR) is 125 cm³/mol. The van der Waals surface area contributed by atoms with Crippen molar-refractivity contribution in [3.63, 3.8) is 0 Å². The van der Waals surface area contributed by atoms with Gasteiger partial charge in [-0.05, 0) is 12.1 Å². The second-order valence-corrected chi connectivity index (χ2v) is 7.90. The highest BCUT2D eigenvalue weighted by atomic mass is 19.4. The Morgan fingerprint density at radius 1 is 1.08 bits per heavy atom. The van der Waals surface area contributed by atoms with Crippen molar-refractivity contribution in [2.24, 2.45) is 0 Å². The van der Waals surface area contributed by atoms with Gasteiger partial charge >= 0.3 is 12.1 Å². The van der Waals surface area contributed by atoms with Gasteiger partial charge in [-0.3, -0.25) is 9.97 Å². The number of rotatable bonds is 10. The molecule has 0 aliphatic heterocycles. The molecule has 0 bridgehead atoms. The molecule has 2 heterocycles. The van der Waals surface area contributed by atoms with E-state index in [0.29, 0.717) is 28.5 Å². The number of benzene rings is 1. The first-order valence-corrected chi connectivity index (χ1v) is 10.6. The SMILES string of the molecule is COc1cccc(OC)c1-c1cnc(CC(Nc2nc(N(C)C)ncc2CC(F)(F)F)C(=O)O)cn1. The van der Waals surface area contributed by atoms with Crippen molar-refractivity contribution in [3.8, 4) is 22.8 Å². The lowest BCUT2D eigenvalue weighted by Gasteiger charge is -2.20. The molecule has 0 fully saturated rings. The summed E-state index contributed by atoms with van der Waals surface area (Å²) in [4.78, 5) is 30.1. The van der Waals surface area contributed by atoms with Crippen LogP contribution in [0.1, 0.15) is 11.3 Å². The topological polar surface area (TPSA) is 123 Å². The second kappa shape index (κ2) is 11.1. The number of carbonyl (C=O) groups is 1. The number of aliphatic carboxylic acids is 1. The summed E-state index contributed by atoms with van der Waals surface area (Å²) in [6.07, 6.45) is -2.15. The zero-order valence-electron chi connectivity index (χ0n) is 20.0. The average molecular weight is 506 g/mol. The minimum atomic E-state index is -4.53. The monoisotopic (exact) mass is 506 g/mol. The van der Waals surface area contributed by atoms with Crippen LogP contribution in [0.5, 0.6) is 11.5 Å². The number of nitrogens with zero attached hydrogens (tertiary/aromatic N) is 5. The van der Waals surface area contributed by atoms with E-state index in [1.54, 1.807) is 32.3 Å². The number of methoxy groups -OCH3 is 2. The van der Waals surface area contributed by atoms with Gasteiger partial charge in [-0.15, -0.1) is 0 Å².